The maximum atomic E-state index is 11.7. The molecule has 0 spiro atoms. The summed E-state index contributed by atoms with van der Waals surface area (Å²) in [5.74, 6) is -0.986. The fourth-order valence-corrected chi connectivity index (χ4v) is 1.94. The lowest BCUT2D eigenvalue weighted by atomic mass is 10.2. The topological polar surface area (TPSA) is 68.3 Å². The second-order valence-corrected chi connectivity index (χ2v) is 5.15. The molecule has 2 rings (SSSR count). The van der Waals surface area contributed by atoms with E-state index in [1.54, 1.807) is 30.3 Å². The SMILES string of the molecule is Cc1ccc(C(=O)OCC(=O)Nc2ccccc2Br)cn1. The predicted octanol–water partition coefficient (Wildman–Crippen LogP) is 2.95. The lowest BCUT2D eigenvalue weighted by molar-refractivity contribution is -0.119. The highest BCUT2D eigenvalue weighted by atomic mass is 79.9. The van der Waals surface area contributed by atoms with Gasteiger partial charge in [-0.05, 0) is 47.1 Å². The van der Waals surface area contributed by atoms with Crippen molar-refractivity contribution in [2.24, 2.45) is 0 Å². The van der Waals surface area contributed by atoms with Gasteiger partial charge in [-0.3, -0.25) is 9.78 Å². The molecule has 108 valence electrons. The van der Waals surface area contributed by atoms with E-state index in [2.05, 4.69) is 26.2 Å². The van der Waals surface area contributed by atoms with Crippen LogP contribution in [0.3, 0.4) is 0 Å². The number of amides is 1. The maximum Gasteiger partial charge on any atom is 0.340 e. The fourth-order valence-electron chi connectivity index (χ4n) is 1.55. The number of carbonyl (C=O) groups is 2. The van der Waals surface area contributed by atoms with Crippen molar-refractivity contribution in [1.82, 2.24) is 4.98 Å². The number of halogens is 1. The lowest BCUT2D eigenvalue weighted by Crippen LogP contribution is -2.21. The van der Waals surface area contributed by atoms with E-state index < -0.39 is 11.9 Å². The molecule has 0 aliphatic rings. The number of esters is 1. The Morgan fingerprint density at radius 1 is 1.24 bits per heavy atom. The molecule has 1 aromatic heterocycles. The molecule has 0 radical (unpaired) electrons. The van der Waals surface area contributed by atoms with Gasteiger partial charge >= 0.3 is 5.97 Å². The first kappa shape index (κ1) is 15.2. The Labute approximate surface area is 130 Å². The first-order chi connectivity index (χ1) is 10.1. The lowest BCUT2D eigenvalue weighted by Gasteiger charge is -2.08. The van der Waals surface area contributed by atoms with Crippen LogP contribution < -0.4 is 5.32 Å². The van der Waals surface area contributed by atoms with Gasteiger partial charge in [-0.1, -0.05) is 12.1 Å². The molecule has 1 N–H and O–H groups in total. The van der Waals surface area contributed by atoms with E-state index in [-0.39, 0.29) is 6.61 Å². The number of pyridine rings is 1. The number of para-hydroxylation sites is 1. The number of nitrogens with zero attached hydrogens (tertiary/aromatic N) is 1. The van der Waals surface area contributed by atoms with E-state index in [1.807, 2.05) is 13.0 Å². The smallest absolute Gasteiger partial charge is 0.340 e. The van der Waals surface area contributed by atoms with Crippen molar-refractivity contribution in [3.8, 4) is 0 Å². The summed E-state index contributed by atoms with van der Waals surface area (Å²) >= 11 is 3.32. The van der Waals surface area contributed by atoms with E-state index in [4.69, 9.17) is 4.74 Å². The molecule has 0 unspecified atom stereocenters. The summed E-state index contributed by atoms with van der Waals surface area (Å²) in [6, 6.07) is 10.5. The maximum absolute atomic E-state index is 11.7. The van der Waals surface area contributed by atoms with Crippen LogP contribution in [0.1, 0.15) is 16.1 Å². The number of ether oxygens (including phenoxy) is 1. The number of aryl methyl sites for hydroxylation is 1. The van der Waals surface area contributed by atoms with Crippen molar-refractivity contribution in [2.45, 2.75) is 6.92 Å². The monoisotopic (exact) mass is 348 g/mol. The number of anilines is 1. The van der Waals surface area contributed by atoms with Gasteiger partial charge in [-0.15, -0.1) is 0 Å². The number of rotatable bonds is 4. The molecule has 1 amide bonds. The second-order valence-electron chi connectivity index (χ2n) is 4.29. The van der Waals surface area contributed by atoms with E-state index >= 15 is 0 Å². The zero-order chi connectivity index (χ0) is 15.2. The minimum Gasteiger partial charge on any atom is -0.452 e. The molecule has 1 aromatic carbocycles. The Kier molecular flexibility index (Phi) is 5.05. The highest BCUT2D eigenvalue weighted by Gasteiger charge is 2.11. The molecule has 0 aliphatic carbocycles. The van der Waals surface area contributed by atoms with Crippen LogP contribution >= 0.6 is 15.9 Å². The van der Waals surface area contributed by atoms with Gasteiger partial charge in [0, 0.05) is 16.4 Å². The zero-order valence-electron chi connectivity index (χ0n) is 11.3. The van der Waals surface area contributed by atoms with Gasteiger partial charge in [-0.25, -0.2) is 4.79 Å². The van der Waals surface area contributed by atoms with E-state index in [0.717, 1.165) is 10.2 Å². The van der Waals surface area contributed by atoms with Gasteiger partial charge in [0.2, 0.25) is 0 Å². The largest absolute Gasteiger partial charge is 0.452 e. The summed E-state index contributed by atoms with van der Waals surface area (Å²) in [5, 5.41) is 2.65. The Hall–Kier alpha value is -2.21. The summed E-state index contributed by atoms with van der Waals surface area (Å²) in [5.41, 5.74) is 1.74. The van der Waals surface area contributed by atoms with Gasteiger partial charge in [-0.2, -0.15) is 0 Å². The number of benzene rings is 1. The first-order valence-electron chi connectivity index (χ1n) is 6.20. The van der Waals surface area contributed by atoms with E-state index in [1.165, 1.54) is 6.20 Å². The number of nitrogens with one attached hydrogen (secondary N) is 1. The van der Waals surface area contributed by atoms with Crippen molar-refractivity contribution in [3.63, 3.8) is 0 Å². The van der Waals surface area contributed by atoms with Crippen LogP contribution in [-0.4, -0.2) is 23.5 Å². The molecule has 0 saturated carbocycles. The highest BCUT2D eigenvalue weighted by Crippen LogP contribution is 2.20. The third kappa shape index (κ3) is 4.39. The predicted molar refractivity (Wildman–Crippen MR) is 82.0 cm³/mol. The van der Waals surface area contributed by atoms with Crippen LogP contribution in [0, 0.1) is 6.92 Å². The molecule has 2 aromatic rings. The molecule has 6 heteroatoms. The van der Waals surface area contributed by atoms with Crippen LogP contribution in [0.25, 0.3) is 0 Å². The minimum atomic E-state index is -0.579. The summed E-state index contributed by atoms with van der Waals surface area (Å²) in [6.07, 6.45) is 1.42. The van der Waals surface area contributed by atoms with Crippen molar-refractivity contribution < 1.29 is 14.3 Å². The van der Waals surface area contributed by atoms with Gasteiger partial charge in [0.1, 0.15) is 0 Å². The molecular formula is C15H13BrN2O3. The van der Waals surface area contributed by atoms with Gasteiger partial charge in [0.25, 0.3) is 5.91 Å². The average molecular weight is 349 g/mol. The third-order valence-electron chi connectivity index (χ3n) is 2.63. The van der Waals surface area contributed by atoms with Crippen LogP contribution in [0.2, 0.25) is 0 Å². The number of hydrogen-bond donors (Lipinski definition) is 1. The molecule has 21 heavy (non-hydrogen) atoms. The molecule has 0 atom stereocenters. The Morgan fingerprint density at radius 2 is 2.00 bits per heavy atom. The fraction of sp³-hybridized carbons (Fsp3) is 0.133. The molecule has 1 heterocycles. The van der Waals surface area contributed by atoms with Crippen molar-refractivity contribution in [2.75, 3.05) is 11.9 Å². The van der Waals surface area contributed by atoms with E-state index in [0.29, 0.717) is 11.3 Å². The number of carbonyl (C=O) groups excluding carboxylic acids is 2. The Bertz CT molecular complexity index is 656. The number of hydrogen-bond acceptors (Lipinski definition) is 4. The van der Waals surface area contributed by atoms with Gasteiger partial charge in [0.15, 0.2) is 6.61 Å². The van der Waals surface area contributed by atoms with Crippen molar-refractivity contribution in [1.29, 1.82) is 0 Å². The molecular weight excluding hydrogens is 336 g/mol. The van der Waals surface area contributed by atoms with Gasteiger partial charge in [0.05, 0.1) is 11.3 Å². The summed E-state index contributed by atoms with van der Waals surface area (Å²) in [7, 11) is 0. The summed E-state index contributed by atoms with van der Waals surface area (Å²) in [6.45, 7) is 1.47. The number of aromatic nitrogens is 1. The quantitative estimate of drug-likeness (QED) is 0.862. The summed E-state index contributed by atoms with van der Waals surface area (Å²) < 4.78 is 5.69. The van der Waals surface area contributed by atoms with Crippen molar-refractivity contribution >= 4 is 33.5 Å². The normalized spacial score (nSPS) is 10.0. The van der Waals surface area contributed by atoms with Crippen molar-refractivity contribution in [3.05, 3.63) is 58.3 Å². The Balaban J connectivity index is 1.88. The molecule has 0 fully saturated rings. The van der Waals surface area contributed by atoms with E-state index in [9.17, 15) is 9.59 Å². The van der Waals surface area contributed by atoms with Crippen LogP contribution in [0.5, 0.6) is 0 Å². The van der Waals surface area contributed by atoms with Crippen LogP contribution in [-0.2, 0) is 9.53 Å². The summed E-state index contributed by atoms with van der Waals surface area (Å²) in [4.78, 5) is 27.5. The third-order valence-corrected chi connectivity index (χ3v) is 3.32. The minimum absolute atomic E-state index is 0.314. The molecule has 0 saturated heterocycles. The molecule has 5 nitrogen and oxygen atoms in total. The zero-order valence-corrected chi connectivity index (χ0v) is 12.9. The standard InChI is InChI=1S/C15H13BrN2O3/c1-10-6-7-11(8-17-10)15(20)21-9-14(19)18-13-5-3-2-4-12(13)16/h2-8H,9H2,1H3,(H,18,19). The average Bonchev–Trinajstić information content (AvgIpc) is 2.48. The highest BCUT2D eigenvalue weighted by molar-refractivity contribution is 9.10. The van der Waals surface area contributed by atoms with Crippen LogP contribution in [0.15, 0.2) is 47.1 Å². The second kappa shape index (κ2) is 6.99. The molecule has 0 aliphatic heterocycles. The molecule has 0 bridgehead atoms. The Morgan fingerprint density at radius 3 is 2.67 bits per heavy atom. The van der Waals surface area contributed by atoms with Crippen LogP contribution in [0.4, 0.5) is 5.69 Å². The first-order valence-corrected chi connectivity index (χ1v) is 7.00. The van der Waals surface area contributed by atoms with Gasteiger partial charge < -0.3 is 10.1 Å².